The Morgan fingerprint density at radius 3 is 2.96 bits per heavy atom. The molecule has 0 spiro atoms. The molecule has 0 atom stereocenters. The van der Waals surface area contributed by atoms with Crippen LogP contribution in [0, 0.1) is 0 Å². The van der Waals surface area contributed by atoms with Gasteiger partial charge in [0.2, 0.25) is 0 Å². The van der Waals surface area contributed by atoms with E-state index in [1.165, 1.54) is 17.4 Å². The standard InChI is InChI=1S/C17H15NO4S/c19-16(20)8-6-13-11-18-15(23-13)7-5-12-3-1-4-14-17(12)22-10-2-9-21-14/h1,3-8,11H,2,9-10H2,(H,19,20)/b7-5+,8-6+. The van der Waals surface area contributed by atoms with Crippen LogP contribution >= 0.6 is 11.3 Å². The van der Waals surface area contributed by atoms with Gasteiger partial charge in [-0.2, -0.15) is 0 Å². The van der Waals surface area contributed by atoms with E-state index in [9.17, 15) is 4.79 Å². The molecule has 0 radical (unpaired) electrons. The lowest BCUT2D eigenvalue weighted by atomic mass is 10.1. The van der Waals surface area contributed by atoms with Gasteiger partial charge in [0.05, 0.1) is 13.2 Å². The van der Waals surface area contributed by atoms with Gasteiger partial charge in [0.15, 0.2) is 11.5 Å². The number of carboxylic acids is 1. The number of nitrogens with zero attached hydrogens (tertiary/aromatic N) is 1. The van der Waals surface area contributed by atoms with Crippen molar-refractivity contribution in [2.24, 2.45) is 0 Å². The quantitative estimate of drug-likeness (QED) is 0.869. The summed E-state index contributed by atoms with van der Waals surface area (Å²) in [6, 6.07) is 5.79. The number of benzene rings is 1. The minimum atomic E-state index is -0.973. The number of aromatic nitrogens is 1. The third-order valence-corrected chi connectivity index (χ3v) is 4.07. The number of ether oxygens (including phenoxy) is 2. The zero-order chi connectivity index (χ0) is 16.1. The number of aliphatic carboxylic acids is 1. The Morgan fingerprint density at radius 2 is 2.09 bits per heavy atom. The number of hydrogen-bond donors (Lipinski definition) is 1. The Balaban J connectivity index is 1.79. The second kappa shape index (κ2) is 7.11. The van der Waals surface area contributed by atoms with Crippen molar-refractivity contribution in [3.63, 3.8) is 0 Å². The highest BCUT2D eigenvalue weighted by Crippen LogP contribution is 2.34. The maximum atomic E-state index is 10.5. The Hall–Kier alpha value is -2.60. The first-order chi connectivity index (χ1) is 11.2. The van der Waals surface area contributed by atoms with Gasteiger partial charge in [0, 0.05) is 29.1 Å². The summed E-state index contributed by atoms with van der Waals surface area (Å²) < 4.78 is 11.4. The molecule has 1 aromatic carbocycles. The fourth-order valence-electron chi connectivity index (χ4n) is 2.12. The van der Waals surface area contributed by atoms with Crippen LogP contribution < -0.4 is 9.47 Å². The number of thiazole rings is 1. The van der Waals surface area contributed by atoms with Crippen molar-refractivity contribution in [1.29, 1.82) is 0 Å². The summed E-state index contributed by atoms with van der Waals surface area (Å²) in [4.78, 5) is 15.6. The van der Waals surface area contributed by atoms with E-state index in [1.807, 2.05) is 30.4 Å². The van der Waals surface area contributed by atoms with Crippen LogP contribution in [0.4, 0.5) is 0 Å². The van der Waals surface area contributed by atoms with Crippen molar-refractivity contribution in [3.05, 3.63) is 45.9 Å². The predicted molar refractivity (Wildman–Crippen MR) is 89.8 cm³/mol. The molecule has 0 saturated heterocycles. The van der Waals surface area contributed by atoms with E-state index in [0.717, 1.165) is 39.4 Å². The monoisotopic (exact) mass is 329 g/mol. The summed E-state index contributed by atoms with van der Waals surface area (Å²) in [7, 11) is 0. The third-order valence-electron chi connectivity index (χ3n) is 3.14. The number of rotatable bonds is 4. The fraction of sp³-hybridized carbons (Fsp3) is 0.176. The predicted octanol–water partition coefficient (Wildman–Crippen LogP) is 3.57. The Morgan fingerprint density at radius 1 is 1.22 bits per heavy atom. The first kappa shape index (κ1) is 15.3. The number of carbonyl (C=O) groups is 1. The average molecular weight is 329 g/mol. The molecule has 0 aliphatic carbocycles. The van der Waals surface area contributed by atoms with Gasteiger partial charge in [-0.15, -0.1) is 11.3 Å². The lowest BCUT2D eigenvalue weighted by Crippen LogP contribution is -1.97. The molecule has 6 heteroatoms. The largest absolute Gasteiger partial charge is 0.490 e. The van der Waals surface area contributed by atoms with Crippen LogP contribution in [-0.4, -0.2) is 29.3 Å². The Bertz CT molecular complexity index is 764. The van der Waals surface area contributed by atoms with Crippen molar-refractivity contribution in [2.75, 3.05) is 13.2 Å². The lowest BCUT2D eigenvalue weighted by Gasteiger charge is -2.09. The molecule has 0 bridgehead atoms. The van der Waals surface area contributed by atoms with Gasteiger partial charge in [-0.3, -0.25) is 0 Å². The van der Waals surface area contributed by atoms with Gasteiger partial charge in [0.1, 0.15) is 5.01 Å². The molecule has 2 aromatic rings. The minimum absolute atomic E-state index is 0.638. The number of fused-ring (bicyclic) bond motifs is 1. The second-order valence-corrected chi connectivity index (χ2v) is 5.92. The van der Waals surface area contributed by atoms with Gasteiger partial charge in [-0.25, -0.2) is 9.78 Å². The van der Waals surface area contributed by atoms with E-state index in [-0.39, 0.29) is 0 Å². The molecule has 1 N–H and O–H groups in total. The zero-order valence-electron chi connectivity index (χ0n) is 12.3. The van der Waals surface area contributed by atoms with Gasteiger partial charge in [-0.05, 0) is 24.3 Å². The van der Waals surface area contributed by atoms with Gasteiger partial charge >= 0.3 is 5.97 Å². The van der Waals surface area contributed by atoms with Crippen LogP contribution in [0.5, 0.6) is 11.5 Å². The second-order valence-electron chi connectivity index (χ2n) is 4.83. The van der Waals surface area contributed by atoms with Crippen LogP contribution in [-0.2, 0) is 4.79 Å². The van der Waals surface area contributed by atoms with Gasteiger partial charge < -0.3 is 14.6 Å². The normalized spacial score (nSPS) is 14.3. The van der Waals surface area contributed by atoms with Gasteiger partial charge in [-0.1, -0.05) is 12.1 Å². The summed E-state index contributed by atoms with van der Waals surface area (Å²) in [5.41, 5.74) is 0.933. The highest BCUT2D eigenvalue weighted by Gasteiger charge is 2.12. The topological polar surface area (TPSA) is 68.7 Å². The molecule has 1 aliphatic heterocycles. The molecule has 0 fully saturated rings. The van der Waals surface area contributed by atoms with E-state index >= 15 is 0 Å². The highest BCUT2D eigenvalue weighted by atomic mass is 32.1. The molecule has 1 aliphatic rings. The maximum Gasteiger partial charge on any atom is 0.328 e. The first-order valence-corrected chi connectivity index (χ1v) is 7.97. The summed E-state index contributed by atoms with van der Waals surface area (Å²) >= 11 is 1.42. The SMILES string of the molecule is O=C(O)/C=C/c1cnc(/C=C/c2cccc3c2OCCCO3)s1. The molecular weight excluding hydrogens is 314 g/mol. The summed E-state index contributed by atoms with van der Waals surface area (Å²) in [6.07, 6.45) is 8.95. The molecule has 5 nitrogen and oxygen atoms in total. The smallest absolute Gasteiger partial charge is 0.328 e. The van der Waals surface area contributed by atoms with E-state index in [4.69, 9.17) is 14.6 Å². The van der Waals surface area contributed by atoms with E-state index < -0.39 is 5.97 Å². The molecule has 3 rings (SSSR count). The van der Waals surface area contributed by atoms with Crippen LogP contribution in [0.15, 0.2) is 30.5 Å². The van der Waals surface area contributed by atoms with Crippen molar-refractivity contribution < 1.29 is 19.4 Å². The molecule has 23 heavy (non-hydrogen) atoms. The molecule has 1 aromatic heterocycles. The van der Waals surface area contributed by atoms with E-state index in [2.05, 4.69) is 4.98 Å². The number of para-hydroxylation sites is 1. The maximum absolute atomic E-state index is 10.5. The van der Waals surface area contributed by atoms with Crippen LogP contribution in [0.1, 0.15) is 21.9 Å². The molecule has 0 amide bonds. The van der Waals surface area contributed by atoms with Crippen molar-refractivity contribution in [2.45, 2.75) is 6.42 Å². The van der Waals surface area contributed by atoms with Crippen molar-refractivity contribution in [3.8, 4) is 11.5 Å². The summed E-state index contributed by atoms with van der Waals surface area (Å²) in [6.45, 7) is 1.30. The fourth-order valence-corrected chi connectivity index (χ4v) is 2.84. The van der Waals surface area contributed by atoms with Gasteiger partial charge in [0.25, 0.3) is 0 Å². The summed E-state index contributed by atoms with van der Waals surface area (Å²) in [5.74, 6) is 0.539. The van der Waals surface area contributed by atoms with Crippen LogP contribution in [0.25, 0.3) is 18.2 Å². The van der Waals surface area contributed by atoms with Crippen LogP contribution in [0.3, 0.4) is 0 Å². The lowest BCUT2D eigenvalue weighted by molar-refractivity contribution is -0.131. The van der Waals surface area contributed by atoms with Crippen molar-refractivity contribution in [1.82, 2.24) is 4.98 Å². The molecule has 0 unspecified atom stereocenters. The number of hydrogen-bond acceptors (Lipinski definition) is 5. The molecule has 2 heterocycles. The number of carboxylic acid groups (broad SMARTS) is 1. The Kier molecular flexibility index (Phi) is 4.73. The van der Waals surface area contributed by atoms with Crippen molar-refractivity contribution >= 4 is 35.5 Å². The minimum Gasteiger partial charge on any atom is -0.490 e. The third kappa shape index (κ3) is 3.98. The highest BCUT2D eigenvalue weighted by molar-refractivity contribution is 7.13. The average Bonchev–Trinajstić information content (AvgIpc) is 2.86. The molecular formula is C17H15NO4S. The van der Waals surface area contributed by atoms with Crippen LogP contribution in [0.2, 0.25) is 0 Å². The Labute approximate surface area is 137 Å². The first-order valence-electron chi connectivity index (χ1n) is 7.16. The summed E-state index contributed by atoms with van der Waals surface area (Å²) in [5, 5.41) is 9.42. The zero-order valence-corrected chi connectivity index (χ0v) is 13.1. The molecule has 0 saturated carbocycles. The molecule has 118 valence electrons. The van der Waals surface area contributed by atoms with E-state index in [0.29, 0.717) is 13.2 Å². The van der Waals surface area contributed by atoms with E-state index in [1.54, 1.807) is 6.20 Å².